The zero-order valence-corrected chi connectivity index (χ0v) is 9.58. The fourth-order valence-corrected chi connectivity index (χ4v) is 1.71. The minimum Gasteiger partial charge on any atom is -0.506 e. The molecule has 0 spiro atoms. The van der Waals surface area contributed by atoms with Gasteiger partial charge in [0.15, 0.2) is 0 Å². The van der Waals surface area contributed by atoms with Crippen molar-refractivity contribution in [2.24, 2.45) is 5.73 Å². The van der Waals surface area contributed by atoms with Gasteiger partial charge in [-0.3, -0.25) is 0 Å². The van der Waals surface area contributed by atoms with E-state index in [1.807, 2.05) is 6.07 Å². The lowest BCUT2D eigenvalue weighted by Crippen LogP contribution is -2.34. The Morgan fingerprint density at radius 3 is 2.71 bits per heavy atom. The lowest BCUT2D eigenvalue weighted by Gasteiger charge is -2.25. The zero-order chi connectivity index (χ0) is 10.8. The van der Waals surface area contributed by atoms with Gasteiger partial charge in [0.2, 0.25) is 0 Å². The molecule has 0 saturated heterocycles. The van der Waals surface area contributed by atoms with Crippen LogP contribution in [-0.4, -0.2) is 16.8 Å². The van der Waals surface area contributed by atoms with Gasteiger partial charge >= 0.3 is 0 Å². The van der Waals surface area contributed by atoms with E-state index in [0.29, 0.717) is 16.5 Å². The Kier molecular flexibility index (Phi) is 3.53. The number of phenols is 1. The van der Waals surface area contributed by atoms with E-state index in [9.17, 15) is 5.11 Å². The van der Waals surface area contributed by atoms with Crippen molar-refractivity contribution >= 4 is 15.9 Å². The molecule has 1 aromatic carbocycles. The van der Waals surface area contributed by atoms with Crippen LogP contribution in [0.2, 0.25) is 0 Å². The number of hydrogen-bond donors (Lipinski definition) is 3. The Balaban J connectivity index is 3.12. The lowest BCUT2D eigenvalue weighted by atomic mass is 9.89. The Morgan fingerprint density at radius 2 is 2.14 bits per heavy atom. The number of halogens is 1. The van der Waals surface area contributed by atoms with E-state index < -0.39 is 5.54 Å². The van der Waals surface area contributed by atoms with Crippen molar-refractivity contribution < 1.29 is 10.2 Å². The van der Waals surface area contributed by atoms with Crippen molar-refractivity contribution in [1.29, 1.82) is 0 Å². The molecule has 0 aliphatic rings. The highest BCUT2D eigenvalue weighted by Gasteiger charge is 2.24. The molecule has 0 radical (unpaired) electrons. The fourth-order valence-electron chi connectivity index (χ4n) is 1.34. The topological polar surface area (TPSA) is 66.5 Å². The van der Waals surface area contributed by atoms with Crippen molar-refractivity contribution in [1.82, 2.24) is 0 Å². The van der Waals surface area contributed by atoms with E-state index in [1.54, 1.807) is 19.1 Å². The number of phenolic OH excluding ortho intramolecular Hbond substituents is 1. The third-order valence-corrected chi connectivity index (χ3v) is 2.87. The largest absolute Gasteiger partial charge is 0.506 e. The third kappa shape index (κ3) is 2.26. The highest BCUT2D eigenvalue weighted by Crippen LogP contribution is 2.34. The molecule has 4 heteroatoms. The second kappa shape index (κ2) is 4.29. The monoisotopic (exact) mass is 259 g/mol. The van der Waals surface area contributed by atoms with Crippen LogP contribution in [0.25, 0.3) is 0 Å². The second-order valence-corrected chi connectivity index (χ2v) is 4.38. The quantitative estimate of drug-likeness (QED) is 0.775. The fraction of sp³-hybridized carbons (Fsp3) is 0.400. The first-order chi connectivity index (χ1) is 6.49. The van der Waals surface area contributed by atoms with Gasteiger partial charge in [0.05, 0.1) is 4.47 Å². The van der Waals surface area contributed by atoms with Gasteiger partial charge in [-0.25, -0.2) is 0 Å². The van der Waals surface area contributed by atoms with Crippen molar-refractivity contribution in [2.45, 2.75) is 18.9 Å². The Labute approximate surface area is 91.7 Å². The first-order valence-electron chi connectivity index (χ1n) is 4.37. The van der Waals surface area contributed by atoms with Crippen LogP contribution in [0.5, 0.6) is 5.75 Å². The summed E-state index contributed by atoms with van der Waals surface area (Å²) in [6.07, 6.45) is 0.414. The number of aromatic hydroxyl groups is 1. The summed E-state index contributed by atoms with van der Waals surface area (Å²) in [5.41, 5.74) is 5.91. The smallest absolute Gasteiger partial charge is 0.134 e. The molecule has 1 atom stereocenters. The van der Waals surface area contributed by atoms with Crippen LogP contribution in [0.1, 0.15) is 18.9 Å². The summed E-state index contributed by atoms with van der Waals surface area (Å²) in [4.78, 5) is 0. The van der Waals surface area contributed by atoms with Gasteiger partial charge in [0, 0.05) is 17.7 Å². The normalized spacial score (nSPS) is 15.1. The Bertz CT molecular complexity index is 326. The maximum atomic E-state index is 9.75. The summed E-state index contributed by atoms with van der Waals surface area (Å²) in [7, 11) is 0. The Morgan fingerprint density at radius 1 is 1.50 bits per heavy atom. The predicted octanol–water partition coefficient (Wildman–Crippen LogP) is 1.71. The number of rotatable bonds is 3. The summed E-state index contributed by atoms with van der Waals surface area (Å²) < 4.78 is 0.615. The van der Waals surface area contributed by atoms with E-state index >= 15 is 0 Å². The summed E-state index contributed by atoms with van der Waals surface area (Å²) in [5.74, 6) is 0.144. The van der Waals surface area contributed by atoms with Crippen molar-refractivity contribution in [3.63, 3.8) is 0 Å². The minimum absolute atomic E-state index is 0.00104. The van der Waals surface area contributed by atoms with Gasteiger partial charge in [0.25, 0.3) is 0 Å². The van der Waals surface area contributed by atoms with Gasteiger partial charge < -0.3 is 15.9 Å². The highest BCUT2D eigenvalue weighted by atomic mass is 79.9. The van der Waals surface area contributed by atoms with Crippen LogP contribution in [0, 0.1) is 0 Å². The molecule has 0 aliphatic heterocycles. The molecule has 0 bridgehead atoms. The van der Waals surface area contributed by atoms with E-state index in [1.165, 1.54) is 0 Å². The molecule has 0 aliphatic carbocycles. The molecular weight excluding hydrogens is 246 g/mol. The number of aliphatic hydroxyl groups excluding tert-OH is 1. The van der Waals surface area contributed by atoms with Gasteiger partial charge in [0.1, 0.15) is 5.75 Å². The van der Waals surface area contributed by atoms with Crippen molar-refractivity contribution in [2.75, 3.05) is 6.61 Å². The molecular formula is C10H14BrNO2. The van der Waals surface area contributed by atoms with E-state index in [0.717, 1.165) is 0 Å². The SMILES string of the molecule is C[C@@](N)(CCO)c1cccc(Br)c1O. The van der Waals surface area contributed by atoms with Gasteiger partial charge in [-0.15, -0.1) is 0 Å². The zero-order valence-electron chi connectivity index (χ0n) is 8.00. The van der Waals surface area contributed by atoms with Crippen LogP contribution in [0.4, 0.5) is 0 Å². The average molecular weight is 260 g/mol. The van der Waals surface area contributed by atoms with Gasteiger partial charge in [-0.2, -0.15) is 0 Å². The van der Waals surface area contributed by atoms with Crippen LogP contribution < -0.4 is 5.73 Å². The number of para-hydroxylation sites is 1. The molecule has 0 aromatic heterocycles. The van der Waals surface area contributed by atoms with Crippen LogP contribution in [-0.2, 0) is 5.54 Å². The number of nitrogens with two attached hydrogens (primary N) is 1. The summed E-state index contributed by atoms with van der Waals surface area (Å²) >= 11 is 3.22. The molecule has 78 valence electrons. The van der Waals surface area contributed by atoms with E-state index in [2.05, 4.69) is 15.9 Å². The van der Waals surface area contributed by atoms with Gasteiger partial charge in [-0.05, 0) is 35.3 Å². The van der Waals surface area contributed by atoms with Gasteiger partial charge in [-0.1, -0.05) is 12.1 Å². The van der Waals surface area contributed by atoms with Crippen molar-refractivity contribution in [3.05, 3.63) is 28.2 Å². The molecule has 14 heavy (non-hydrogen) atoms. The predicted molar refractivity (Wildman–Crippen MR) is 59.0 cm³/mol. The minimum atomic E-state index is -0.706. The second-order valence-electron chi connectivity index (χ2n) is 3.53. The summed E-state index contributed by atoms with van der Waals surface area (Å²) in [6.45, 7) is 1.78. The molecule has 3 nitrogen and oxygen atoms in total. The molecule has 1 rings (SSSR count). The third-order valence-electron chi connectivity index (χ3n) is 2.23. The maximum absolute atomic E-state index is 9.75. The average Bonchev–Trinajstić information content (AvgIpc) is 2.09. The lowest BCUT2D eigenvalue weighted by molar-refractivity contribution is 0.245. The first-order valence-corrected chi connectivity index (χ1v) is 5.16. The number of aliphatic hydroxyl groups is 1. The molecule has 0 amide bonds. The number of benzene rings is 1. The molecule has 0 fully saturated rings. The van der Waals surface area contributed by atoms with Crippen LogP contribution >= 0.6 is 15.9 Å². The highest BCUT2D eigenvalue weighted by molar-refractivity contribution is 9.10. The summed E-state index contributed by atoms with van der Waals surface area (Å²) in [6, 6.07) is 5.31. The first kappa shape index (κ1) is 11.5. The molecule has 0 heterocycles. The van der Waals surface area contributed by atoms with Crippen LogP contribution in [0.15, 0.2) is 22.7 Å². The maximum Gasteiger partial charge on any atom is 0.134 e. The van der Waals surface area contributed by atoms with E-state index in [-0.39, 0.29) is 12.4 Å². The molecule has 4 N–H and O–H groups in total. The molecule has 0 unspecified atom stereocenters. The molecule has 1 aromatic rings. The van der Waals surface area contributed by atoms with E-state index in [4.69, 9.17) is 10.8 Å². The standard InChI is InChI=1S/C10H14BrNO2/c1-10(12,5-6-13)7-3-2-4-8(11)9(7)14/h2-4,13-14H,5-6,12H2,1H3/t10-/m1/s1. The summed E-state index contributed by atoms with van der Waals surface area (Å²) in [5, 5.41) is 18.6. The van der Waals surface area contributed by atoms with Crippen LogP contribution in [0.3, 0.4) is 0 Å². The molecule has 0 saturated carbocycles. The van der Waals surface area contributed by atoms with Crippen molar-refractivity contribution in [3.8, 4) is 5.75 Å². The Hall–Kier alpha value is -0.580. The number of hydrogen-bond acceptors (Lipinski definition) is 3.